The predicted molar refractivity (Wildman–Crippen MR) is 129 cm³/mol. The molecule has 0 saturated carbocycles. The Kier molecular flexibility index (Phi) is 7.57. The molecular formula is C26H30N2O7. The third-order valence-corrected chi connectivity index (χ3v) is 6.40. The molecule has 0 bridgehead atoms. The molecule has 9 heteroatoms. The zero-order valence-corrected chi connectivity index (χ0v) is 20.2. The molecule has 9 nitrogen and oxygen atoms in total. The summed E-state index contributed by atoms with van der Waals surface area (Å²) in [5.41, 5.74) is 1.02. The highest BCUT2D eigenvalue weighted by Crippen LogP contribution is 2.43. The monoisotopic (exact) mass is 482 g/mol. The van der Waals surface area contributed by atoms with Gasteiger partial charge >= 0.3 is 0 Å². The van der Waals surface area contributed by atoms with E-state index in [1.807, 2.05) is 0 Å². The van der Waals surface area contributed by atoms with E-state index in [-0.39, 0.29) is 11.3 Å². The number of likely N-dealkylation sites (tertiary alicyclic amines) is 1. The van der Waals surface area contributed by atoms with Crippen molar-refractivity contribution in [1.82, 2.24) is 9.80 Å². The molecule has 1 N–H and O–H groups in total. The second kappa shape index (κ2) is 10.8. The minimum absolute atomic E-state index is 0.0191. The van der Waals surface area contributed by atoms with Gasteiger partial charge in [0.15, 0.2) is 0 Å². The lowest BCUT2D eigenvalue weighted by atomic mass is 9.94. The highest BCUT2D eigenvalue weighted by molar-refractivity contribution is 6.46. The van der Waals surface area contributed by atoms with Crippen LogP contribution in [0.2, 0.25) is 0 Å². The first-order valence-corrected chi connectivity index (χ1v) is 11.4. The average molecular weight is 483 g/mol. The first kappa shape index (κ1) is 24.6. The zero-order chi connectivity index (χ0) is 24.9. The van der Waals surface area contributed by atoms with Crippen LogP contribution < -0.4 is 14.2 Å². The molecule has 0 aromatic heterocycles. The van der Waals surface area contributed by atoms with E-state index < -0.39 is 17.7 Å². The molecule has 1 atom stereocenters. The van der Waals surface area contributed by atoms with Crippen molar-refractivity contribution in [1.29, 1.82) is 0 Å². The number of carbonyl (C=O) groups excluding carboxylic acids is 2. The molecular weight excluding hydrogens is 452 g/mol. The fraction of sp³-hybridized carbons (Fsp3) is 0.385. The van der Waals surface area contributed by atoms with Crippen LogP contribution in [0.15, 0.2) is 48.0 Å². The van der Waals surface area contributed by atoms with Crippen LogP contribution in [0, 0.1) is 0 Å². The molecule has 0 spiro atoms. The number of methoxy groups -OCH3 is 3. The van der Waals surface area contributed by atoms with Gasteiger partial charge in [-0.25, -0.2) is 0 Å². The Morgan fingerprint density at radius 2 is 1.60 bits per heavy atom. The van der Waals surface area contributed by atoms with E-state index in [0.717, 1.165) is 13.1 Å². The highest BCUT2D eigenvalue weighted by Gasteiger charge is 2.47. The molecule has 0 radical (unpaired) electrons. The molecule has 186 valence electrons. The van der Waals surface area contributed by atoms with Crippen LogP contribution in [0.3, 0.4) is 0 Å². The van der Waals surface area contributed by atoms with E-state index in [1.54, 1.807) is 56.7 Å². The number of ketones is 1. The molecule has 2 saturated heterocycles. The third-order valence-electron chi connectivity index (χ3n) is 6.40. The lowest BCUT2D eigenvalue weighted by molar-refractivity contribution is -0.140. The second-order valence-electron chi connectivity index (χ2n) is 8.28. The van der Waals surface area contributed by atoms with Crippen molar-refractivity contribution in [2.45, 2.75) is 6.04 Å². The number of carbonyl (C=O) groups is 2. The summed E-state index contributed by atoms with van der Waals surface area (Å²) in [5.74, 6) is 0.00210. The van der Waals surface area contributed by atoms with E-state index in [2.05, 4.69) is 4.90 Å². The number of morpholine rings is 1. The lowest BCUT2D eigenvalue weighted by Crippen LogP contribution is -2.42. The molecule has 2 aromatic rings. The Labute approximate surface area is 204 Å². The topological polar surface area (TPSA) is 97.8 Å². The van der Waals surface area contributed by atoms with Crippen molar-refractivity contribution < 1.29 is 33.6 Å². The Morgan fingerprint density at radius 3 is 2.23 bits per heavy atom. The number of Topliss-reactive ketones (excluding diaryl/α,β-unsaturated/α-hetero) is 1. The van der Waals surface area contributed by atoms with Gasteiger partial charge in [0.2, 0.25) is 0 Å². The van der Waals surface area contributed by atoms with E-state index in [1.165, 1.54) is 12.0 Å². The summed E-state index contributed by atoms with van der Waals surface area (Å²) in [6, 6.07) is 11.1. The van der Waals surface area contributed by atoms with Crippen molar-refractivity contribution in [2.75, 3.05) is 60.7 Å². The van der Waals surface area contributed by atoms with Gasteiger partial charge in [0.1, 0.15) is 23.0 Å². The van der Waals surface area contributed by atoms with Gasteiger partial charge in [0.05, 0.1) is 46.2 Å². The van der Waals surface area contributed by atoms with Gasteiger partial charge in [-0.3, -0.25) is 14.5 Å². The fourth-order valence-electron chi connectivity index (χ4n) is 4.46. The molecule has 2 fully saturated rings. The number of rotatable bonds is 8. The van der Waals surface area contributed by atoms with Crippen LogP contribution in [0.25, 0.3) is 5.76 Å². The Morgan fingerprint density at radius 1 is 0.943 bits per heavy atom. The van der Waals surface area contributed by atoms with Crippen LogP contribution in [0.4, 0.5) is 0 Å². The SMILES string of the molecule is COc1ccc(/C(O)=C2\C(=O)C(=O)N(CCN3CCOCC3)[C@H]2c2ccc(OC)cc2OC)cc1. The molecule has 35 heavy (non-hydrogen) atoms. The van der Waals surface area contributed by atoms with Crippen molar-refractivity contribution >= 4 is 17.4 Å². The number of hydrogen-bond acceptors (Lipinski definition) is 8. The van der Waals surface area contributed by atoms with Gasteiger partial charge in [-0.1, -0.05) is 0 Å². The summed E-state index contributed by atoms with van der Waals surface area (Å²) in [6.07, 6.45) is 0. The lowest BCUT2D eigenvalue weighted by Gasteiger charge is -2.31. The second-order valence-corrected chi connectivity index (χ2v) is 8.28. The Balaban J connectivity index is 1.79. The molecule has 1 amide bonds. The van der Waals surface area contributed by atoms with Crippen molar-refractivity contribution in [2.24, 2.45) is 0 Å². The standard InChI is InChI=1S/C26H30N2O7/c1-32-18-6-4-17(5-7-18)24(29)22-23(20-9-8-19(33-2)16-21(20)34-3)28(26(31)25(22)30)11-10-27-12-14-35-15-13-27/h4-9,16,23,29H,10-15H2,1-3H3/b24-22+/t23-/m0/s1. The van der Waals surface area contributed by atoms with Gasteiger partial charge in [-0.2, -0.15) is 0 Å². The maximum Gasteiger partial charge on any atom is 0.295 e. The summed E-state index contributed by atoms with van der Waals surface area (Å²) in [7, 11) is 4.61. The molecule has 4 rings (SSSR count). The minimum Gasteiger partial charge on any atom is -0.507 e. The molecule has 2 aliphatic rings. The zero-order valence-electron chi connectivity index (χ0n) is 20.2. The van der Waals surface area contributed by atoms with E-state index in [0.29, 0.717) is 54.7 Å². The fourth-order valence-corrected chi connectivity index (χ4v) is 4.46. The van der Waals surface area contributed by atoms with Crippen molar-refractivity contribution in [3.8, 4) is 17.2 Å². The normalized spacial score (nSPS) is 20.2. The van der Waals surface area contributed by atoms with Gasteiger partial charge in [-0.15, -0.1) is 0 Å². The van der Waals surface area contributed by atoms with E-state index in [4.69, 9.17) is 18.9 Å². The average Bonchev–Trinajstić information content (AvgIpc) is 3.16. The summed E-state index contributed by atoms with van der Waals surface area (Å²) < 4.78 is 21.5. The van der Waals surface area contributed by atoms with Gasteiger partial charge in [0.25, 0.3) is 11.7 Å². The Hall–Kier alpha value is -3.56. The third kappa shape index (κ3) is 4.96. The first-order valence-electron chi connectivity index (χ1n) is 11.4. The van der Waals surface area contributed by atoms with Crippen LogP contribution in [0.1, 0.15) is 17.2 Å². The number of benzene rings is 2. The number of aliphatic hydroxyl groups excluding tert-OH is 1. The largest absolute Gasteiger partial charge is 0.507 e. The van der Waals surface area contributed by atoms with Gasteiger partial charge < -0.3 is 29.0 Å². The van der Waals surface area contributed by atoms with Crippen LogP contribution in [0.5, 0.6) is 17.2 Å². The van der Waals surface area contributed by atoms with Crippen LogP contribution in [-0.2, 0) is 14.3 Å². The van der Waals surface area contributed by atoms with E-state index in [9.17, 15) is 14.7 Å². The van der Waals surface area contributed by atoms with Crippen molar-refractivity contribution in [3.63, 3.8) is 0 Å². The predicted octanol–water partition coefficient (Wildman–Crippen LogP) is 2.47. The van der Waals surface area contributed by atoms with E-state index >= 15 is 0 Å². The summed E-state index contributed by atoms with van der Waals surface area (Å²) in [4.78, 5) is 30.2. The van der Waals surface area contributed by atoms with Gasteiger partial charge in [0, 0.05) is 43.4 Å². The summed E-state index contributed by atoms with van der Waals surface area (Å²) in [5, 5.41) is 11.2. The maximum absolute atomic E-state index is 13.3. The summed E-state index contributed by atoms with van der Waals surface area (Å²) >= 11 is 0. The van der Waals surface area contributed by atoms with Crippen LogP contribution in [-0.4, -0.2) is 87.3 Å². The quantitative estimate of drug-likeness (QED) is 0.348. The molecule has 2 aliphatic heterocycles. The first-order chi connectivity index (χ1) is 17.0. The van der Waals surface area contributed by atoms with Crippen molar-refractivity contribution in [3.05, 3.63) is 59.2 Å². The minimum atomic E-state index is -0.820. The smallest absolute Gasteiger partial charge is 0.295 e. The summed E-state index contributed by atoms with van der Waals surface area (Å²) in [6.45, 7) is 3.66. The Bertz CT molecular complexity index is 1110. The number of amides is 1. The molecule has 2 aromatic carbocycles. The molecule has 0 aliphatic carbocycles. The van der Waals surface area contributed by atoms with Gasteiger partial charge in [-0.05, 0) is 36.4 Å². The number of aliphatic hydroxyl groups is 1. The number of hydrogen-bond donors (Lipinski definition) is 1. The van der Waals surface area contributed by atoms with Crippen LogP contribution >= 0.6 is 0 Å². The molecule has 2 heterocycles. The maximum atomic E-state index is 13.3. The number of ether oxygens (including phenoxy) is 4. The molecule has 0 unspecified atom stereocenters. The highest BCUT2D eigenvalue weighted by atomic mass is 16.5. The number of nitrogens with zero attached hydrogens (tertiary/aromatic N) is 2.